The molecular formula is C19H19BrN2O3. The molecule has 0 radical (unpaired) electrons. The summed E-state index contributed by atoms with van der Waals surface area (Å²) >= 11 is 3.43. The highest BCUT2D eigenvalue weighted by molar-refractivity contribution is 9.10. The highest BCUT2D eigenvalue weighted by atomic mass is 79.9. The van der Waals surface area contributed by atoms with E-state index < -0.39 is 0 Å². The molecule has 0 aliphatic heterocycles. The van der Waals surface area contributed by atoms with Crippen LogP contribution in [0.15, 0.2) is 59.1 Å². The summed E-state index contributed by atoms with van der Waals surface area (Å²) in [7, 11) is 3.34. The molecule has 130 valence electrons. The zero-order chi connectivity index (χ0) is 18.2. The van der Waals surface area contributed by atoms with Crippen molar-refractivity contribution in [3.8, 4) is 5.75 Å². The van der Waals surface area contributed by atoms with Gasteiger partial charge in [-0.3, -0.25) is 9.59 Å². The van der Waals surface area contributed by atoms with Gasteiger partial charge in [-0.1, -0.05) is 34.1 Å². The fraction of sp³-hybridized carbons (Fsp3) is 0.158. The van der Waals surface area contributed by atoms with Crippen molar-refractivity contribution in [1.82, 2.24) is 4.90 Å². The molecule has 6 heteroatoms. The summed E-state index contributed by atoms with van der Waals surface area (Å²) < 4.78 is 6.31. The lowest BCUT2D eigenvalue weighted by Gasteiger charge is -2.11. The molecule has 0 spiro atoms. The lowest BCUT2D eigenvalue weighted by atomic mass is 10.2. The van der Waals surface area contributed by atoms with E-state index in [2.05, 4.69) is 21.2 Å². The van der Waals surface area contributed by atoms with Crippen LogP contribution in [-0.2, 0) is 9.59 Å². The topological polar surface area (TPSA) is 58.6 Å². The van der Waals surface area contributed by atoms with Gasteiger partial charge in [0.25, 0.3) is 5.91 Å². The van der Waals surface area contributed by atoms with Gasteiger partial charge in [0, 0.05) is 30.3 Å². The normalized spacial score (nSPS) is 10.5. The largest absolute Gasteiger partial charge is 0.484 e. The van der Waals surface area contributed by atoms with Crippen LogP contribution < -0.4 is 10.1 Å². The van der Waals surface area contributed by atoms with Crippen molar-refractivity contribution in [3.63, 3.8) is 0 Å². The van der Waals surface area contributed by atoms with E-state index in [4.69, 9.17) is 4.74 Å². The summed E-state index contributed by atoms with van der Waals surface area (Å²) in [5.74, 6) is 0.221. The second kappa shape index (κ2) is 9.03. The highest BCUT2D eigenvalue weighted by Crippen LogP contribution is 2.18. The fourth-order valence-electron chi connectivity index (χ4n) is 1.87. The molecule has 2 rings (SSSR count). The van der Waals surface area contributed by atoms with Crippen molar-refractivity contribution in [1.29, 1.82) is 0 Å². The summed E-state index contributed by atoms with van der Waals surface area (Å²) in [6.07, 6.45) is 3.21. The fourth-order valence-corrected chi connectivity index (χ4v) is 2.29. The number of anilines is 1. The van der Waals surface area contributed by atoms with E-state index in [0.29, 0.717) is 11.4 Å². The Morgan fingerprint density at radius 2 is 1.80 bits per heavy atom. The van der Waals surface area contributed by atoms with Crippen LogP contribution in [0.25, 0.3) is 6.08 Å². The zero-order valence-corrected chi connectivity index (χ0v) is 15.6. The number of benzene rings is 2. The molecule has 2 aromatic rings. The van der Waals surface area contributed by atoms with Crippen LogP contribution in [0.3, 0.4) is 0 Å². The number of hydrogen-bond acceptors (Lipinski definition) is 3. The van der Waals surface area contributed by atoms with Crippen molar-refractivity contribution < 1.29 is 14.3 Å². The number of nitrogens with one attached hydrogen (secondary N) is 1. The van der Waals surface area contributed by atoms with Gasteiger partial charge in [0.1, 0.15) is 5.75 Å². The summed E-state index contributed by atoms with van der Waals surface area (Å²) in [5, 5.41) is 2.77. The highest BCUT2D eigenvalue weighted by Gasteiger charge is 2.05. The van der Waals surface area contributed by atoms with Gasteiger partial charge in [0.05, 0.1) is 0 Å². The van der Waals surface area contributed by atoms with Gasteiger partial charge in [-0.15, -0.1) is 0 Å². The molecule has 0 aliphatic rings. The number of rotatable bonds is 6. The Bertz CT molecular complexity index is 770. The molecule has 0 saturated carbocycles. The Labute approximate surface area is 155 Å². The van der Waals surface area contributed by atoms with E-state index in [1.807, 2.05) is 24.3 Å². The molecule has 0 aromatic heterocycles. The molecule has 0 unspecified atom stereocenters. The molecule has 0 saturated heterocycles. The maximum atomic E-state index is 12.0. The second-order valence-corrected chi connectivity index (χ2v) is 6.30. The minimum absolute atomic E-state index is 0.0204. The van der Waals surface area contributed by atoms with Crippen molar-refractivity contribution in [2.24, 2.45) is 0 Å². The third kappa shape index (κ3) is 6.08. The maximum absolute atomic E-state index is 12.0. The lowest BCUT2D eigenvalue weighted by Crippen LogP contribution is -2.27. The first-order chi connectivity index (χ1) is 12.0. The Kier molecular flexibility index (Phi) is 6.77. The zero-order valence-electron chi connectivity index (χ0n) is 14.0. The quantitative estimate of drug-likeness (QED) is 0.751. The maximum Gasteiger partial charge on any atom is 0.259 e. The monoisotopic (exact) mass is 402 g/mol. The van der Waals surface area contributed by atoms with Gasteiger partial charge < -0.3 is 15.0 Å². The first-order valence-corrected chi connectivity index (χ1v) is 8.41. The van der Waals surface area contributed by atoms with Gasteiger partial charge in [0.15, 0.2) is 6.61 Å². The van der Waals surface area contributed by atoms with Gasteiger partial charge in [0.2, 0.25) is 5.91 Å². The second-order valence-electron chi connectivity index (χ2n) is 5.45. The summed E-state index contributed by atoms with van der Waals surface area (Å²) in [6, 6.07) is 14.5. The molecule has 1 N–H and O–H groups in total. The number of halogens is 1. The molecule has 5 nitrogen and oxygen atoms in total. The third-order valence-electron chi connectivity index (χ3n) is 3.30. The number of amides is 2. The average Bonchev–Trinajstić information content (AvgIpc) is 2.60. The van der Waals surface area contributed by atoms with Crippen LogP contribution in [0, 0.1) is 0 Å². The molecule has 0 bridgehead atoms. The summed E-state index contributed by atoms with van der Waals surface area (Å²) in [5.41, 5.74) is 1.57. The first kappa shape index (κ1) is 18.7. The Hall–Kier alpha value is -2.60. The number of ether oxygens (including phenoxy) is 1. The van der Waals surface area contributed by atoms with E-state index in [1.165, 1.54) is 11.0 Å². The Morgan fingerprint density at radius 3 is 2.44 bits per heavy atom. The molecule has 0 heterocycles. The van der Waals surface area contributed by atoms with Crippen LogP contribution in [0.1, 0.15) is 5.56 Å². The van der Waals surface area contributed by atoms with Gasteiger partial charge in [-0.25, -0.2) is 0 Å². The van der Waals surface area contributed by atoms with E-state index in [-0.39, 0.29) is 18.4 Å². The van der Waals surface area contributed by atoms with Gasteiger partial charge >= 0.3 is 0 Å². The minimum Gasteiger partial charge on any atom is -0.484 e. The smallest absolute Gasteiger partial charge is 0.259 e. The standard InChI is InChI=1S/C19H19BrN2O3/c1-22(2)19(24)13-25-16-10-8-15(9-11-16)21-18(23)12-7-14-5-3-4-6-17(14)20/h3-12H,13H2,1-2H3,(H,21,23)/b12-7+. The summed E-state index contributed by atoms with van der Waals surface area (Å²) in [6.45, 7) is -0.0204. The van der Waals surface area contributed by atoms with Crippen LogP contribution in [0.5, 0.6) is 5.75 Å². The number of hydrogen-bond donors (Lipinski definition) is 1. The first-order valence-electron chi connectivity index (χ1n) is 7.62. The molecule has 0 aliphatic carbocycles. The van der Waals surface area contributed by atoms with E-state index in [9.17, 15) is 9.59 Å². The molecule has 2 amide bonds. The number of carbonyl (C=O) groups is 2. The van der Waals surface area contributed by atoms with Gasteiger partial charge in [-0.2, -0.15) is 0 Å². The van der Waals surface area contributed by atoms with E-state index in [1.54, 1.807) is 44.4 Å². The van der Waals surface area contributed by atoms with Crippen molar-refractivity contribution in [3.05, 3.63) is 64.6 Å². The number of nitrogens with zero attached hydrogens (tertiary/aromatic N) is 1. The minimum atomic E-state index is -0.229. The molecule has 2 aromatic carbocycles. The van der Waals surface area contributed by atoms with E-state index >= 15 is 0 Å². The molecule has 25 heavy (non-hydrogen) atoms. The SMILES string of the molecule is CN(C)C(=O)COc1ccc(NC(=O)/C=C/c2ccccc2Br)cc1. The molecule has 0 fully saturated rings. The van der Waals surface area contributed by atoms with Crippen molar-refractivity contribution in [2.45, 2.75) is 0 Å². The lowest BCUT2D eigenvalue weighted by molar-refractivity contribution is -0.130. The average molecular weight is 403 g/mol. The van der Waals surface area contributed by atoms with Crippen LogP contribution in [0.2, 0.25) is 0 Å². The van der Waals surface area contributed by atoms with Crippen LogP contribution in [-0.4, -0.2) is 37.4 Å². The van der Waals surface area contributed by atoms with E-state index in [0.717, 1.165) is 10.0 Å². The number of likely N-dealkylation sites (N-methyl/N-ethyl adjacent to an activating group) is 1. The predicted octanol–water partition coefficient (Wildman–Crippen LogP) is 3.57. The Balaban J connectivity index is 1.89. The third-order valence-corrected chi connectivity index (χ3v) is 4.02. The van der Waals surface area contributed by atoms with Crippen LogP contribution in [0.4, 0.5) is 5.69 Å². The molecular weight excluding hydrogens is 384 g/mol. The van der Waals surface area contributed by atoms with Crippen LogP contribution >= 0.6 is 15.9 Å². The number of carbonyl (C=O) groups excluding carboxylic acids is 2. The van der Waals surface area contributed by atoms with Crippen molar-refractivity contribution >= 4 is 39.5 Å². The van der Waals surface area contributed by atoms with Gasteiger partial charge in [-0.05, 0) is 42.0 Å². The van der Waals surface area contributed by atoms with Crippen molar-refractivity contribution in [2.75, 3.05) is 26.0 Å². The predicted molar refractivity (Wildman–Crippen MR) is 102 cm³/mol. The molecule has 0 atom stereocenters. The Morgan fingerprint density at radius 1 is 1.12 bits per heavy atom. The summed E-state index contributed by atoms with van der Waals surface area (Å²) in [4.78, 5) is 24.9.